The van der Waals surface area contributed by atoms with Crippen molar-refractivity contribution in [3.63, 3.8) is 0 Å². The summed E-state index contributed by atoms with van der Waals surface area (Å²) in [7, 11) is 0. The van der Waals surface area contributed by atoms with Gasteiger partial charge in [0.1, 0.15) is 22.5 Å². The molecule has 0 aliphatic carbocycles. The third kappa shape index (κ3) is 4.59. The van der Waals surface area contributed by atoms with Gasteiger partial charge in [-0.25, -0.2) is 4.79 Å². The van der Waals surface area contributed by atoms with E-state index in [-0.39, 0.29) is 17.8 Å². The number of phenols is 1. The lowest BCUT2D eigenvalue weighted by Crippen LogP contribution is -2.15. The van der Waals surface area contributed by atoms with Gasteiger partial charge in [-0.15, -0.1) is 15.0 Å². The van der Waals surface area contributed by atoms with E-state index in [0.717, 1.165) is 11.1 Å². The van der Waals surface area contributed by atoms with Crippen molar-refractivity contribution in [2.24, 2.45) is 0 Å². The van der Waals surface area contributed by atoms with E-state index in [1.807, 2.05) is 26.8 Å². The van der Waals surface area contributed by atoms with E-state index in [2.05, 4.69) is 16.8 Å². The highest BCUT2D eigenvalue weighted by Gasteiger charge is 2.23. The van der Waals surface area contributed by atoms with Gasteiger partial charge in [-0.3, -0.25) is 0 Å². The number of hydrogen-bond donors (Lipinski definition) is 1. The average Bonchev–Trinajstić information content (AvgIpc) is 3.04. The van der Waals surface area contributed by atoms with Gasteiger partial charge in [0.05, 0.1) is 6.61 Å². The number of esters is 1. The second-order valence-electron chi connectivity index (χ2n) is 8.05. The SMILES string of the molecule is C=C(C)C(=O)OCCc1cc(-n2nc3ccc(Cl)cc3n2)c(O)c(C(C)(C)C)c1. The highest BCUT2D eigenvalue weighted by atomic mass is 35.5. The molecule has 1 aromatic heterocycles. The van der Waals surface area contributed by atoms with Crippen LogP contribution < -0.4 is 0 Å². The summed E-state index contributed by atoms with van der Waals surface area (Å²) in [5, 5.41) is 20.4. The Hall–Kier alpha value is -2.86. The molecule has 0 atom stereocenters. The second kappa shape index (κ2) is 7.87. The summed E-state index contributed by atoms with van der Waals surface area (Å²) in [6, 6.07) is 8.98. The lowest BCUT2D eigenvalue weighted by atomic mass is 9.84. The molecule has 0 saturated carbocycles. The second-order valence-corrected chi connectivity index (χ2v) is 8.49. The van der Waals surface area contributed by atoms with Crippen molar-refractivity contribution in [3.8, 4) is 11.4 Å². The average molecular weight is 414 g/mol. The molecule has 0 saturated heterocycles. The van der Waals surface area contributed by atoms with Crippen LogP contribution in [0.15, 0.2) is 42.5 Å². The highest BCUT2D eigenvalue weighted by molar-refractivity contribution is 6.31. The van der Waals surface area contributed by atoms with Crippen molar-refractivity contribution in [2.45, 2.75) is 39.5 Å². The number of carbonyl (C=O) groups excluding carboxylic acids is 1. The quantitative estimate of drug-likeness (QED) is 0.483. The molecule has 1 heterocycles. The normalized spacial score (nSPS) is 11.6. The molecule has 3 rings (SSSR count). The molecule has 6 nitrogen and oxygen atoms in total. The number of nitrogens with zero attached hydrogens (tertiary/aromatic N) is 3. The molecular weight excluding hydrogens is 390 g/mol. The first kappa shape index (κ1) is 20.9. The Bertz CT molecular complexity index is 1100. The van der Waals surface area contributed by atoms with Gasteiger partial charge in [0.15, 0.2) is 0 Å². The number of carbonyl (C=O) groups is 1. The van der Waals surface area contributed by atoms with Crippen molar-refractivity contribution >= 4 is 28.6 Å². The molecule has 2 aromatic carbocycles. The van der Waals surface area contributed by atoms with Crippen molar-refractivity contribution in [1.82, 2.24) is 15.0 Å². The van der Waals surface area contributed by atoms with Gasteiger partial charge in [-0.05, 0) is 42.2 Å². The summed E-state index contributed by atoms with van der Waals surface area (Å²) in [6.07, 6.45) is 0.488. The molecule has 7 heteroatoms. The first-order valence-electron chi connectivity index (χ1n) is 9.28. The van der Waals surface area contributed by atoms with Crippen LogP contribution in [-0.4, -0.2) is 32.7 Å². The maximum atomic E-state index is 11.6. The fraction of sp³-hybridized carbons (Fsp3) is 0.318. The minimum Gasteiger partial charge on any atom is -0.505 e. The zero-order chi connectivity index (χ0) is 21.3. The van der Waals surface area contributed by atoms with E-state index in [1.54, 1.807) is 31.2 Å². The summed E-state index contributed by atoms with van der Waals surface area (Å²) in [5.41, 5.74) is 3.48. The van der Waals surface area contributed by atoms with Crippen molar-refractivity contribution in [3.05, 3.63) is 58.6 Å². The summed E-state index contributed by atoms with van der Waals surface area (Å²) in [6.45, 7) is 11.5. The standard InChI is InChI=1S/C22H24ClN3O3/c1-13(2)21(28)29-9-8-14-10-16(22(3,4)5)20(27)19(11-14)26-24-17-7-6-15(23)12-18(17)25-26/h6-7,10-12,27H,1,8-9H2,2-5H3. The summed E-state index contributed by atoms with van der Waals surface area (Å²) in [5.74, 6) is -0.302. The number of ether oxygens (including phenoxy) is 1. The molecule has 0 spiro atoms. The van der Waals surface area contributed by atoms with E-state index < -0.39 is 5.97 Å². The van der Waals surface area contributed by atoms with Crippen LogP contribution in [0.3, 0.4) is 0 Å². The van der Waals surface area contributed by atoms with Gasteiger partial charge in [-0.2, -0.15) is 0 Å². The van der Waals surface area contributed by atoms with Crippen LogP contribution in [0.4, 0.5) is 0 Å². The van der Waals surface area contributed by atoms with Crippen molar-refractivity contribution in [2.75, 3.05) is 6.61 Å². The zero-order valence-electron chi connectivity index (χ0n) is 17.0. The van der Waals surface area contributed by atoms with Gasteiger partial charge >= 0.3 is 5.97 Å². The molecular formula is C22H24ClN3O3. The molecule has 0 aliphatic rings. The molecule has 1 N–H and O–H groups in total. The van der Waals surface area contributed by atoms with Crippen LogP contribution in [0.2, 0.25) is 5.02 Å². The molecule has 0 fully saturated rings. The summed E-state index contributed by atoms with van der Waals surface area (Å²) < 4.78 is 5.22. The lowest BCUT2D eigenvalue weighted by Gasteiger charge is -2.23. The Morgan fingerprint density at radius 1 is 1.21 bits per heavy atom. The summed E-state index contributed by atoms with van der Waals surface area (Å²) >= 11 is 6.05. The molecule has 152 valence electrons. The van der Waals surface area contributed by atoms with Crippen molar-refractivity contribution in [1.29, 1.82) is 0 Å². The third-order valence-electron chi connectivity index (χ3n) is 4.49. The van der Waals surface area contributed by atoms with Crippen LogP contribution >= 0.6 is 11.6 Å². The van der Waals surface area contributed by atoms with E-state index in [4.69, 9.17) is 16.3 Å². The number of phenolic OH excluding ortho intramolecular Hbond substituents is 1. The predicted octanol–water partition coefficient (Wildman–Crippen LogP) is 4.74. The number of fused-ring (bicyclic) bond motifs is 1. The van der Waals surface area contributed by atoms with Gasteiger partial charge < -0.3 is 9.84 Å². The van der Waals surface area contributed by atoms with Crippen LogP contribution in [0, 0.1) is 0 Å². The van der Waals surface area contributed by atoms with Gasteiger partial charge in [-0.1, -0.05) is 45.0 Å². The van der Waals surface area contributed by atoms with E-state index >= 15 is 0 Å². The fourth-order valence-electron chi connectivity index (χ4n) is 2.93. The van der Waals surface area contributed by atoms with Crippen LogP contribution in [0.1, 0.15) is 38.8 Å². The molecule has 0 aliphatic heterocycles. The number of halogens is 1. The first-order valence-corrected chi connectivity index (χ1v) is 9.66. The lowest BCUT2D eigenvalue weighted by molar-refractivity contribution is -0.138. The van der Waals surface area contributed by atoms with E-state index in [1.165, 1.54) is 4.80 Å². The fourth-order valence-corrected chi connectivity index (χ4v) is 3.09. The Kier molecular flexibility index (Phi) is 5.66. The zero-order valence-corrected chi connectivity index (χ0v) is 17.7. The predicted molar refractivity (Wildman–Crippen MR) is 114 cm³/mol. The van der Waals surface area contributed by atoms with Crippen LogP contribution in [0.25, 0.3) is 16.7 Å². The Morgan fingerprint density at radius 3 is 2.55 bits per heavy atom. The minimum absolute atomic E-state index is 0.117. The smallest absolute Gasteiger partial charge is 0.333 e. The molecule has 0 amide bonds. The van der Waals surface area contributed by atoms with Gasteiger partial charge in [0.25, 0.3) is 0 Å². The largest absolute Gasteiger partial charge is 0.505 e. The maximum absolute atomic E-state index is 11.6. The van der Waals surface area contributed by atoms with Gasteiger partial charge in [0, 0.05) is 22.6 Å². The number of aromatic nitrogens is 3. The monoisotopic (exact) mass is 413 g/mol. The topological polar surface area (TPSA) is 77.2 Å². The summed E-state index contributed by atoms with van der Waals surface area (Å²) in [4.78, 5) is 13.0. The first-order chi connectivity index (χ1) is 13.6. The van der Waals surface area contributed by atoms with Crippen LogP contribution in [0.5, 0.6) is 5.75 Å². The number of hydrogen-bond acceptors (Lipinski definition) is 5. The Labute approximate surface area is 174 Å². The van der Waals surface area contributed by atoms with Crippen LogP contribution in [-0.2, 0) is 21.4 Å². The van der Waals surface area contributed by atoms with Gasteiger partial charge in [0.2, 0.25) is 0 Å². The highest BCUT2D eigenvalue weighted by Crippen LogP contribution is 2.36. The Morgan fingerprint density at radius 2 is 1.90 bits per heavy atom. The molecule has 29 heavy (non-hydrogen) atoms. The third-order valence-corrected chi connectivity index (χ3v) is 4.72. The van der Waals surface area contributed by atoms with E-state index in [9.17, 15) is 9.90 Å². The molecule has 0 unspecified atom stereocenters. The molecule has 0 bridgehead atoms. The number of rotatable bonds is 5. The Balaban J connectivity index is 2.02. The molecule has 0 radical (unpaired) electrons. The number of aromatic hydroxyl groups is 1. The number of benzene rings is 2. The maximum Gasteiger partial charge on any atom is 0.333 e. The molecule has 3 aromatic rings. The minimum atomic E-state index is -0.420. The van der Waals surface area contributed by atoms with Crippen molar-refractivity contribution < 1.29 is 14.6 Å². The van der Waals surface area contributed by atoms with E-state index in [0.29, 0.717) is 33.7 Å².